The van der Waals surface area contributed by atoms with Crippen molar-refractivity contribution >= 4 is 16.6 Å². The quantitative estimate of drug-likeness (QED) is 0.918. The highest BCUT2D eigenvalue weighted by atomic mass is 16.5. The van der Waals surface area contributed by atoms with E-state index in [1.54, 1.807) is 0 Å². The third-order valence-corrected chi connectivity index (χ3v) is 3.64. The predicted octanol–water partition coefficient (Wildman–Crippen LogP) is 2.92. The number of nitrogens with zero attached hydrogens (tertiary/aromatic N) is 2. The van der Waals surface area contributed by atoms with Gasteiger partial charge >= 0.3 is 0 Å². The molecule has 100 valence electrons. The summed E-state index contributed by atoms with van der Waals surface area (Å²) in [4.78, 5) is 0. The van der Waals surface area contributed by atoms with Gasteiger partial charge in [-0.25, -0.2) is 0 Å². The third-order valence-electron chi connectivity index (χ3n) is 3.64. The van der Waals surface area contributed by atoms with Crippen LogP contribution in [0.15, 0.2) is 24.3 Å². The zero-order chi connectivity index (χ0) is 13.1. The second kappa shape index (κ2) is 5.53. The Kier molecular flexibility index (Phi) is 3.60. The van der Waals surface area contributed by atoms with Gasteiger partial charge in [0.25, 0.3) is 0 Å². The summed E-state index contributed by atoms with van der Waals surface area (Å²) in [5, 5.41) is 14.2. The minimum Gasteiger partial charge on any atom is -0.376 e. The van der Waals surface area contributed by atoms with Crippen molar-refractivity contribution in [2.24, 2.45) is 0 Å². The molecule has 2 heterocycles. The molecule has 0 amide bonds. The molecule has 1 aliphatic heterocycles. The van der Waals surface area contributed by atoms with E-state index < -0.39 is 0 Å². The van der Waals surface area contributed by atoms with Gasteiger partial charge in [0.15, 0.2) is 5.82 Å². The van der Waals surface area contributed by atoms with Crippen LogP contribution >= 0.6 is 0 Å². The molecule has 1 unspecified atom stereocenters. The standard InChI is InChI=1S/C15H19N3O/c1-11-13-7-2-3-8-14(13)15(18-17-11)16-10-12-6-4-5-9-19-12/h2-3,7-8,12H,4-6,9-10H2,1H3,(H,16,18). The number of nitrogens with one attached hydrogen (secondary N) is 1. The highest BCUT2D eigenvalue weighted by Gasteiger charge is 2.14. The van der Waals surface area contributed by atoms with E-state index in [4.69, 9.17) is 4.74 Å². The zero-order valence-corrected chi connectivity index (χ0v) is 11.2. The van der Waals surface area contributed by atoms with Crippen molar-refractivity contribution < 1.29 is 4.74 Å². The Labute approximate surface area is 113 Å². The molecule has 4 heteroatoms. The number of benzene rings is 1. The molecule has 0 radical (unpaired) electrons. The fourth-order valence-corrected chi connectivity index (χ4v) is 2.55. The number of hydrogen-bond donors (Lipinski definition) is 1. The fourth-order valence-electron chi connectivity index (χ4n) is 2.55. The van der Waals surface area contributed by atoms with Gasteiger partial charge in [-0.2, -0.15) is 5.10 Å². The van der Waals surface area contributed by atoms with Crippen LogP contribution in [0.5, 0.6) is 0 Å². The SMILES string of the molecule is Cc1nnc(NCC2CCCCO2)c2ccccc12. The summed E-state index contributed by atoms with van der Waals surface area (Å²) in [6, 6.07) is 8.24. The van der Waals surface area contributed by atoms with E-state index in [0.29, 0.717) is 6.10 Å². The molecular weight excluding hydrogens is 238 g/mol. The molecule has 2 aromatic rings. The summed E-state index contributed by atoms with van der Waals surface area (Å²) in [6.45, 7) is 3.68. The molecule has 0 spiro atoms. The first kappa shape index (κ1) is 12.4. The summed E-state index contributed by atoms with van der Waals surface area (Å²) in [6.07, 6.45) is 3.87. The van der Waals surface area contributed by atoms with Crippen molar-refractivity contribution in [1.82, 2.24) is 10.2 Å². The Balaban J connectivity index is 1.79. The van der Waals surface area contributed by atoms with Gasteiger partial charge in [0, 0.05) is 23.9 Å². The maximum Gasteiger partial charge on any atom is 0.156 e. The van der Waals surface area contributed by atoms with Crippen LogP contribution in [0.2, 0.25) is 0 Å². The Hall–Kier alpha value is -1.68. The van der Waals surface area contributed by atoms with E-state index in [-0.39, 0.29) is 0 Å². The van der Waals surface area contributed by atoms with Crippen molar-refractivity contribution in [1.29, 1.82) is 0 Å². The van der Waals surface area contributed by atoms with Gasteiger partial charge in [-0.1, -0.05) is 24.3 Å². The first-order valence-corrected chi connectivity index (χ1v) is 6.92. The normalized spacial score (nSPS) is 19.5. The zero-order valence-electron chi connectivity index (χ0n) is 11.2. The van der Waals surface area contributed by atoms with Crippen LogP contribution in [0.4, 0.5) is 5.82 Å². The fraction of sp³-hybridized carbons (Fsp3) is 0.467. The lowest BCUT2D eigenvalue weighted by molar-refractivity contribution is 0.0247. The summed E-state index contributed by atoms with van der Waals surface area (Å²) in [5.74, 6) is 0.857. The van der Waals surface area contributed by atoms with Crippen LogP contribution in [0.3, 0.4) is 0 Å². The lowest BCUT2D eigenvalue weighted by Gasteiger charge is -2.23. The van der Waals surface area contributed by atoms with Crippen molar-refractivity contribution in [3.8, 4) is 0 Å². The number of hydrogen-bond acceptors (Lipinski definition) is 4. The maximum atomic E-state index is 5.72. The van der Waals surface area contributed by atoms with E-state index in [2.05, 4.69) is 27.6 Å². The molecule has 1 aromatic heterocycles. The lowest BCUT2D eigenvalue weighted by atomic mass is 10.1. The average molecular weight is 257 g/mol. The highest BCUT2D eigenvalue weighted by molar-refractivity contribution is 5.92. The van der Waals surface area contributed by atoms with Gasteiger partial charge in [-0.15, -0.1) is 5.10 Å². The second-order valence-corrected chi connectivity index (χ2v) is 5.05. The van der Waals surface area contributed by atoms with E-state index in [1.165, 1.54) is 12.8 Å². The average Bonchev–Trinajstić information content (AvgIpc) is 2.48. The van der Waals surface area contributed by atoms with E-state index in [9.17, 15) is 0 Å². The summed E-state index contributed by atoms with van der Waals surface area (Å²) in [7, 11) is 0. The first-order chi connectivity index (χ1) is 9.34. The van der Waals surface area contributed by atoms with Gasteiger partial charge < -0.3 is 10.1 Å². The molecule has 1 aliphatic rings. The van der Waals surface area contributed by atoms with Gasteiger partial charge in [-0.05, 0) is 26.2 Å². The number of rotatable bonds is 3. The molecule has 1 atom stereocenters. The predicted molar refractivity (Wildman–Crippen MR) is 76.4 cm³/mol. The van der Waals surface area contributed by atoms with Crippen LogP contribution in [-0.4, -0.2) is 29.5 Å². The Morgan fingerprint density at radius 1 is 1.21 bits per heavy atom. The third kappa shape index (κ3) is 2.68. The van der Waals surface area contributed by atoms with Crippen molar-refractivity contribution in [3.63, 3.8) is 0 Å². The summed E-state index contributed by atoms with van der Waals surface area (Å²) < 4.78 is 5.72. The number of aryl methyl sites for hydroxylation is 1. The van der Waals surface area contributed by atoms with Gasteiger partial charge in [0.05, 0.1) is 11.8 Å². The maximum absolute atomic E-state index is 5.72. The van der Waals surface area contributed by atoms with Crippen molar-refractivity contribution in [3.05, 3.63) is 30.0 Å². The van der Waals surface area contributed by atoms with Gasteiger partial charge in [0.1, 0.15) is 0 Å². The van der Waals surface area contributed by atoms with Crippen LogP contribution in [0, 0.1) is 6.92 Å². The smallest absolute Gasteiger partial charge is 0.156 e. The van der Waals surface area contributed by atoms with Crippen LogP contribution in [0.1, 0.15) is 25.0 Å². The minimum atomic E-state index is 0.301. The monoisotopic (exact) mass is 257 g/mol. The number of aromatic nitrogens is 2. The summed E-state index contributed by atoms with van der Waals surface area (Å²) >= 11 is 0. The van der Waals surface area contributed by atoms with Crippen molar-refractivity contribution in [2.75, 3.05) is 18.5 Å². The molecule has 19 heavy (non-hydrogen) atoms. The molecule has 4 nitrogen and oxygen atoms in total. The van der Waals surface area contributed by atoms with E-state index >= 15 is 0 Å². The minimum absolute atomic E-state index is 0.301. The van der Waals surface area contributed by atoms with Crippen molar-refractivity contribution in [2.45, 2.75) is 32.3 Å². The van der Waals surface area contributed by atoms with E-state index in [0.717, 1.165) is 41.9 Å². The molecule has 3 rings (SSSR count). The molecule has 0 aliphatic carbocycles. The highest BCUT2D eigenvalue weighted by Crippen LogP contribution is 2.22. The Morgan fingerprint density at radius 2 is 2.05 bits per heavy atom. The Morgan fingerprint density at radius 3 is 2.84 bits per heavy atom. The number of ether oxygens (including phenoxy) is 1. The molecule has 1 saturated heterocycles. The van der Waals surface area contributed by atoms with E-state index in [1.807, 2.05) is 19.1 Å². The molecule has 0 saturated carbocycles. The summed E-state index contributed by atoms with van der Waals surface area (Å²) in [5.41, 5.74) is 0.968. The topological polar surface area (TPSA) is 47.0 Å². The van der Waals surface area contributed by atoms with Gasteiger partial charge in [-0.3, -0.25) is 0 Å². The molecule has 0 bridgehead atoms. The molecule has 1 N–H and O–H groups in total. The number of anilines is 1. The Bertz CT molecular complexity index is 564. The van der Waals surface area contributed by atoms with Gasteiger partial charge in [0.2, 0.25) is 0 Å². The largest absolute Gasteiger partial charge is 0.376 e. The molecule has 1 aromatic carbocycles. The lowest BCUT2D eigenvalue weighted by Crippen LogP contribution is -2.27. The van der Waals surface area contributed by atoms with Crippen LogP contribution in [0.25, 0.3) is 10.8 Å². The van der Waals surface area contributed by atoms with Crippen LogP contribution < -0.4 is 5.32 Å². The first-order valence-electron chi connectivity index (χ1n) is 6.92. The number of fused-ring (bicyclic) bond motifs is 1. The molecular formula is C15H19N3O. The molecule has 1 fully saturated rings. The second-order valence-electron chi connectivity index (χ2n) is 5.05. The van der Waals surface area contributed by atoms with Crippen LogP contribution in [-0.2, 0) is 4.74 Å².